The van der Waals surface area contributed by atoms with Crippen LogP contribution in [-0.2, 0) is 17.6 Å². The van der Waals surface area contributed by atoms with Crippen LogP contribution < -0.4 is 0 Å². The summed E-state index contributed by atoms with van der Waals surface area (Å²) in [5, 5.41) is 8.94. The molecular formula is C25H28O4. The van der Waals surface area contributed by atoms with Crippen LogP contribution in [0.5, 0.6) is 0 Å². The molecule has 0 aliphatic rings. The number of carboxylic acids is 1. The molecule has 0 aliphatic carbocycles. The van der Waals surface area contributed by atoms with Gasteiger partial charge in [-0.1, -0.05) is 61.2 Å². The van der Waals surface area contributed by atoms with Crippen molar-refractivity contribution < 1.29 is 19.4 Å². The topological polar surface area (TPSA) is 63.6 Å². The molecule has 152 valence electrons. The fraction of sp³-hybridized carbons (Fsp3) is 0.200. The molecule has 0 saturated carbocycles. The van der Waals surface area contributed by atoms with E-state index in [1.807, 2.05) is 37.3 Å². The quantitative estimate of drug-likeness (QED) is 0.477. The first kappa shape index (κ1) is 23.6. The minimum absolute atomic E-state index is 0.237. The van der Waals surface area contributed by atoms with Crippen LogP contribution in [0, 0.1) is 13.8 Å². The second-order valence-corrected chi connectivity index (χ2v) is 6.40. The molecule has 0 aliphatic heterocycles. The number of ether oxygens (including phenoxy) is 1. The lowest BCUT2D eigenvalue weighted by Gasteiger charge is -2.10. The van der Waals surface area contributed by atoms with Gasteiger partial charge in [0.25, 0.3) is 0 Å². The van der Waals surface area contributed by atoms with Gasteiger partial charge in [0.1, 0.15) is 6.61 Å². The second-order valence-electron chi connectivity index (χ2n) is 6.40. The van der Waals surface area contributed by atoms with Crippen molar-refractivity contribution in [3.05, 3.63) is 108 Å². The van der Waals surface area contributed by atoms with Gasteiger partial charge in [0, 0.05) is 0 Å². The number of hydrogen-bond donors (Lipinski definition) is 1. The summed E-state index contributed by atoms with van der Waals surface area (Å²) in [6, 6.07) is 11.2. The van der Waals surface area contributed by atoms with Gasteiger partial charge in [0.05, 0.1) is 11.1 Å². The summed E-state index contributed by atoms with van der Waals surface area (Å²) in [5.74, 6) is -1.16. The molecule has 29 heavy (non-hydrogen) atoms. The third-order valence-corrected chi connectivity index (χ3v) is 4.20. The van der Waals surface area contributed by atoms with Crippen LogP contribution in [0.25, 0.3) is 0 Å². The summed E-state index contributed by atoms with van der Waals surface area (Å²) < 4.78 is 5.05. The predicted octanol–water partition coefficient (Wildman–Crippen LogP) is 5.49. The number of aryl methyl sites for hydroxylation is 2. The first-order valence-electron chi connectivity index (χ1n) is 9.27. The molecule has 0 atom stereocenters. The van der Waals surface area contributed by atoms with E-state index in [2.05, 4.69) is 19.7 Å². The number of allylic oxidation sites excluding steroid dienone is 2. The molecular weight excluding hydrogens is 364 g/mol. The number of carbonyl (C=O) groups excluding carboxylic acids is 1. The molecule has 0 saturated heterocycles. The second kappa shape index (κ2) is 12.1. The highest BCUT2D eigenvalue weighted by Crippen LogP contribution is 2.17. The molecule has 0 bridgehead atoms. The van der Waals surface area contributed by atoms with Crippen LogP contribution in [0.3, 0.4) is 0 Å². The van der Waals surface area contributed by atoms with Crippen LogP contribution in [0.4, 0.5) is 0 Å². The zero-order valence-electron chi connectivity index (χ0n) is 17.1. The predicted molar refractivity (Wildman–Crippen MR) is 118 cm³/mol. The molecule has 0 unspecified atom stereocenters. The van der Waals surface area contributed by atoms with E-state index in [4.69, 9.17) is 9.84 Å². The number of carbonyl (C=O) groups is 2. The van der Waals surface area contributed by atoms with Crippen LogP contribution in [0.2, 0.25) is 0 Å². The maximum absolute atomic E-state index is 11.8. The molecule has 2 aromatic rings. The van der Waals surface area contributed by atoms with E-state index in [1.54, 1.807) is 31.2 Å². The Morgan fingerprint density at radius 1 is 0.862 bits per heavy atom. The minimum atomic E-state index is -0.866. The molecule has 4 nitrogen and oxygen atoms in total. The lowest BCUT2D eigenvalue weighted by molar-refractivity contribution is 0.0547. The SMILES string of the molecule is C=CCOC(=O)c1c(C)cccc1CC=C.C=CCc1cccc(C)c1C(=O)O. The van der Waals surface area contributed by atoms with Crippen molar-refractivity contribution >= 4 is 11.9 Å². The minimum Gasteiger partial charge on any atom is -0.478 e. The summed E-state index contributed by atoms with van der Waals surface area (Å²) in [5.41, 5.74) is 4.54. The van der Waals surface area contributed by atoms with Crippen LogP contribution in [-0.4, -0.2) is 23.7 Å². The fourth-order valence-electron chi connectivity index (χ4n) is 2.91. The van der Waals surface area contributed by atoms with Crippen LogP contribution >= 0.6 is 0 Å². The van der Waals surface area contributed by atoms with E-state index >= 15 is 0 Å². The van der Waals surface area contributed by atoms with E-state index in [0.717, 1.165) is 22.3 Å². The lowest BCUT2D eigenvalue weighted by atomic mass is 10.00. The molecule has 0 amide bonds. The van der Waals surface area contributed by atoms with Gasteiger partial charge in [0.2, 0.25) is 0 Å². The molecule has 2 rings (SSSR count). The van der Waals surface area contributed by atoms with Crippen molar-refractivity contribution in [2.75, 3.05) is 6.61 Å². The summed E-state index contributed by atoms with van der Waals surface area (Å²) in [7, 11) is 0. The number of benzene rings is 2. The van der Waals surface area contributed by atoms with Crippen molar-refractivity contribution in [1.82, 2.24) is 0 Å². The monoisotopic (exact) mass is 392 g/mol. The highest BCUT2D eigenvalue weighted by atomic mass is 16.5. The Balaban J connectivity index is 0.000000296. The zero-order valence-corrected chi connectivity index (χ0v) is 17.1. The first-order valence-corrected chi connectivity index (χ1v) is 9.27. The van der Waals surface area contributed by atoms with Crippen LogP contribution in [0.15, 0.2) is 74.4 Å². The Labute approximate surface area is 172 Å². The summed E-state index contributed by atoms with van der Waals surface area (Å²) in [6.07, 6.45) is 6.31. The molecule has 0 fully saturated rings. The van der Waals surface area contributed by atoms with Crippen LogP contribution in [0.1, 0.15) is 43.0 Å². The highest BCUT2D eigenvalue weighted by molar-refractivity contribution is 5.93. The van der Waals surface area contributed by atoms with E-state index in [1.165, 1.54) is 0 Å². The van der Waals surface area contributed by atoms with Gasteiger partial charge in [-0.25, -0.2) is 9.59 Å². The first-order chi connectivity index (χ1) is 13.9. The molecule has 4 heteroatoms. The van der Waals surface area contributed by atoms with Crippen molar-refractivity contribution in [3.63, 3.8) is 0 Å². The van der Waals surface area contributed by atoms with Gasteiger partial charge >= 0.3 is 11.9 Å². The van der Waals surface area contributed by atoms with Crippen molar-refractivity contribution in [1.29, 1.82) is 0 Å². The van der Waals surface area contributed by atoms with E-state index in [-0.39, 0.29) is 12.6 Å². The number of hydrogen-bond acceptors (Lipinski definition) is 3. The number of esters is 1. The number of carboxylic acid groups (broad SMARTS) is 1. The van der Waals surface area contributed by atoms with Gasteiger partial charge in [-0.15, -0.1) is 13.2 Å². The molecule has 1 N–H and O–H groups in total. The maximum Gasteiger partial charge on any atom is 0.339 e. The lowest BCUT2D eigenvalue weighted by Crippen LogP contribution is -2.10. The normalized spacial score (nSPS) is 9.59. The third kappa shape index (κ3) is 6.92. The van der Waals surface area contributed by atoms with Gasteiger partial charge < -0.3 is 9.84 Å². The molecule has 0 spiro atoms. The average molecular weight is 392 g/mol. The van der Waals surface area contributed by atoms with Gasteiger partial charge in [-0.2, -0.15) is 0 Å². The van der Waals surface area contributed by atoms with Gasteiger partial charge in [-0.3, -0.25) is 0 Å². The Morgan fingerprint density at radius 3 is 1.79 bits per heavy atom. The molecule has 0 radical (unpaired) electrons. The zero-order chi connectivity index (χ0) is 21.8. The van der Waals surface area contributed by atoms with E-state index < -0.39 is 5.97 Å². The van der Waals surface area contributed by atoms with Crippen molar-refractivity contribution in [2.45, 2.75) is 26.7 Å². The van der Waals surface area contributed by atoms with Crippen molar-refractivity contribution in [2.24, 2.45) is 0 Å². The Hall–Kier alpha value is -3.40. The fourth-order valence-corrected chi connectivity index (χ4v) is 2.91. The maximum atomic E-state index is 11.8. The van der Waals surface area contributed by atoms with Crippen molar-refractivity contribution in [3.8, 4) is 0 Å². The number of rotatable bonds is 8. The number of aromatic carboxylic acids is 1. The Kier molecular flexibility index (Phi) is 9.89. The smallest absolute Gasteiger partial charge is 0.339 e. The van der Waals surface area contributed by atoms with Gasteiger partial charge in [-0.05, 0) is 48.9 Å². The summed E-state index contributed by atoms with van der Waals surface area (Å²) >= 11 is 0. The molecule has 0 heterocycles. The molecule has 2 aromatic carbocycles. The Bertz CT molecular complexity index is 894. The van der Waals surface area contributed by atoms with E-state index in [9.17, 15) is 9.59 Å². The standard InChI is InChI=1S/C14H16O2.C11H12O2/c1-4-7-12-9-6-8-11(3)13(12)14(15)16-10-5-2;1-3-5-9-7-4-6-8(2)10(9)11(12)13/h4-6,8-9H,1-2,7,10H2,3H3;3-4,6-7H,1,5H2,2H3,(H,12,13). The highest BCUT2D eigenvalue weighted by Gasteiger charge is 2.14. The largest absolute Gasteiger partial charge is 0.478 e. The summed E-state index contributed by atoms with van der Waals surface area (Å²) in [6.45, 7) is 14.7. The third-order valence-electron chi connectivity index (χ3n) is 4.20. The average Bonchev–Trinajstić information content (AvgIpc) is 2.67. The van der Waals surface area contributed by atoms with E-state index in [0.29, 0.717) is 24.0 Å². The Morgan fingerprint density at radius 2 is 1.34 bits per heavy atom. The van der Waals surface area contributed by atoms with Gasteiger partial charge in [0.15, 0.2) is 0 Å². The summed E-state index contributed by atoms with van der Waals surface area (Å²) in [4.78, 5) is 22.7. The molecule has 0 aromatic heterocycles.